The van der Waals surface area contributed by atoms with E-state index in [0.717, 1.165) is 5.56 Å². The largest absolute Gasteiger partial charge is 0.486 e. The molecule has 0 unspecified atom stereocenters. The smallest absolute Gasteiger partial charge is 0.264 e. The molecular weight excluding hydrogens is 428 g/mol. The van der Waals surface area contributed by atoms with Crippen LogP contribution in [0.5, 0.6) is 11.5 Å². The van der Waals surface area contributed by atoms with Crippen molar-refractivity contribution in [3.63, 3.8) is 0 Å². The fraction of sp³-hybridized carbons (Fsp3) is 0.208. The molecule has 7 nitrogen and oxygen atoms in total. The zero-order chi connectivity index (χ0) is 22.7. The van der Waals surface area contributed by atoms with Crippen LogP contribution >= 0.6 is 0 Å². The maximum absolute atomic E-state index is 12.8. The van der Waals surface area contributed by atoms with Crippen LogP contribution in [0.4, 0.5) is 5.69 Å². The van der Waals surface area contributed by atoms with Gasteiger partial charge in [0.15, 0.2) is 11.5 Å². The summed E-state index contributed by atoms with van der Waals surface area (Å²) in [5.74, 6) is 1.07. The SMILES string of the molecule is Cc1ccc(S(=O)(=O)N(C)c2ccc(C(=O)NC[C@H]3COc4ccccc4O3)cc2)cc1. The van der Waals surface area contributed by atoms with Crippen molar-refractivity contribution in [2.24, 2.45) is 0 Å². The first-order chi connectivity index (χ1) is 15.3. The average Bonchev–Trinajstić information content (AvgIpc) is 2.82. The third-order valence-corrected chi connectivity index (χ3v) is 7.03. The predicted molar refractivity (Wildman–Crippen MR) is 122 cm³/mol. The number of aryl methyl sites for hydroxylation is 1. The Kier molecular flexibility index (Phi) is 6.05. The average molecular weight is 453 g/mol. The number of nitrogens with one attached hydrogen (secondary N) is 1. The lowest BCUT2D eigenvalue weighted by Crippen LogP contribution is -2.40. The highest BCUT2D eigenvalue weighted by Gasteiger charge is 2.23. The second kappa shape index (κ2) is 8.92. The van der Waals surface area contributed by atoms with Crippen LogP contribution in [0, 0.1) is 6.92 Å². The molecule has 0 aliphatic carbocycles. The van der Waals surface area contributed by atoms with Crippen LogP contribution in [-0.4, -0.2) is 40.6 Å². The van der Waals surface area contributed by atoms with E-state index in [0.29, 0.717) is 29.4 Å². The number of para-hydroxylation sites is 2. The van der Waals surface area contributed by atoms with Gasteiger partial charge < -0.3 is 14.8 Å². The quantitative estimate of drug-likeness (QED) is 0.620. The van der Waals surface area contributed by atoms with Crippen molar-refractivity contribution in [1.82, 2.24) is 5.32 Å². The minimum atomic E-state index is -3.69. The molecule has 0 saturated carbocycles. The van der Waals surface area contributed by atoms with E-state index >= 15 is 0 Å². The van der Waals surface area contributed by atoms with Gasteiger partial charge in [-0.25, -0.2) is 8.42 Å². The van der Waals surface area contributed by atoms with E-state index in [4.69, 9.17) is 9.47 Å². The maximum Gasteiger partial charge on any atom is 0.264 e. The summed E-state index contributed by atoms with van der Waals surface area (Å²) < 4.78 is 38.4. The van der Waals surface area contributed by atoms with Crippen LogP contribution < -0.4 is 19.1 Å². The van der Waals surface area contributed by atoms with Gasteiger partial charge in [0.05, 0.1) is 17.1 Å². The number of sulfonamides is 1. The Balaban J connectivity index is 1.38. The van der Waals surface area contributed by atoms with Gasteiger partial charge in [0.2, 0.25) is 0 Å². The monoisotopic (exact) mass is 452 g/mol. The molecule has 0 fully saturated rings. The number of hydrogen-bond donors (Lipinski definition) is 1. The first kappa shape index (κ1) is 21.7. The first-order valence-corrected chi connectivity index (χ1v) is 11.6. The van der Waals surface area contributed by atoms with E-state index in [9.17, 15) is 13.2 Å². The summed E-state index contributed by atoms with van der Waals surface area (Å²) in [6, 6.07) is 20.5. The van der Waals surface area contributed by atoms with Crippen LogP contribution in [0.1, 0.15) is 15.9 Å². The molecule has 0 bridgehead atoms. The summed E-state index contributed by atoms with van der Waals surface area (Å²) in [7, 11) is -2.20. The lowest BCUT2D eigenvalue weighted by molar-refractivity contribution is 0.0789. The van der Waals surface area contributed by atoms with Gasteiger partial charge in [-0.3, -0.25) is 9.10 Å². The number of hydrogen-bond acceptors (Lipinski definition) is 5. The van der Waals surface area contributed by atoms with Crippen molar-refractivity contribution in [3.8, 4) is 11.5 Å². The van der Waals surface area contributed by atoms with Crippen molar-refractivity contribution >= 4 is 21.6 Å². The predicted octanol–water partition coefficient (Wildman–Crippen LogP) is 3.39. The van der Waals surface area contributed by atoms with E-state index in [1.165, 1.54) is 11.4 Å². The Hall–Kier alpha value is -3.52. The number of amides is 1. The van der Waals surface area contributed by atoms with Crippen molar-refractivity contribution < 1.29 is 22.7 Å². The lowest BCUT2D eigenvalue weighted by atomic mass is 10.2. The zero-order valence-corrected chi connectivity index (χ0v) is 18.6. The molecule has 0 aromatic heterocycles. The third-order valence-electron chi connectivity index (χ3n) is 5.23. The summed E-state index contributed by atoms with van der Waals surface area (Å²) in [6.45, 7) is 2.53. The van der Waals surface area contributed by atoms with Crippen molar-refractivity contribution in [2.75, 3.05) is 24.5 Å². The Morgan fingerprint density at radius 3 is 2.34 bits per heavy atom. The van der Waals surface area contributed by atoms with Gasteiger partial charge in [0.25, 0.3) is 15.9 Å². The molecule has 0 spiro atoms. The Bertz CT molecular complexity index is 1210. The van der Waals surface area contributed by atoms with Gasteiger partial charge in [0, 0.05) is 12.6 Å². The summed E-state index contributed by atoms with van der Waals surface area (Å²) in [5.41, 5.74) is 1.87. The number of anilines is 1. The van der Waals surface area contributed by atoms with E-state index in [1.54, 1.807) is 48.5 Å². The van der Waals surface area contributed by atoms with Gasteiger partial charge in [0.1, 0.15) is 12.7 Å². The van der Waals surface area contributed by atoms with Crippen molar-refractivity contribution in [1.29, 1.82) is 0 Å². The molecule has 166 valence electrons. The summed E-state index contributed by atoms with van der Waals surface area (Å²) in [5, 5.41) is 2.83. The first-order valence-electron chi connectivity index (χ1n) is 10.2. The number of fused-ring (bicyclic) bond motifs is 1. The molecule has 0 saturated heterocycles. The second-order valence-electron chi connectivity index (χ2n) is 7.54. The van der Waals surface area contributed by atoms with Crippen LogP contribution in [0.3, 0.4) is 0 Å². The van der Waals surface area contributed by atoms with Gasteiger partial charge >= 0.3 is 0 Å². The molecule has 1 N–H and O–H groups in total. The lowest BCUT2D eigenvalue weighted by Gasteiger charge is -2.26. The minimum Gasteiger partial charge on any atom is -0.486 e. The van der Waals surface area contributed by atoms with Crippen LogP contribution in [0.2, 0.25) is 0 Å². The molecule has 4 rings (SSSR count). The molecule has 3 aromatic carbocycles. The number of carbonyl (C=O) groups is 1. The number of nitrogens with zero attached hydrogens (tertiary/aromatic N) is 1. The molecule has 1 heterocycles. The number of carbonyl (C=O) groups excluding carboxylic acids is 1. The number of benzene rings is 3. The van der Waals surface area contributed by atoms with Crippen LogP contribution in [-0.2, 0) is 10.0 Å². The van der Waals surface area contributed by atoms with Crippen molar-refractivity contribution in [2.45, 2.75) is 17.9 Å². The summed E-state index contributed by atoms with van der Waals surface area (Å²) >= 11 is 0. The van der Waals surface area contributed by atoms with E-state index in [2.05, 4.69) is 5.32 Å². The van der Waals surface area contributed by atoms with Crippen molar-refractivity contribution in [3.05, 3.63) is 83.9 Å². The Morgan fingerprint density at radius 1 is 1.00 bits per heavy atom. The fourth-order valence-corrected chi connectivity index (χ4v) is 4.50. The molecular formula is C24H24N2O5S. The maximum atomic E-state index is 12.8. The third kappa shape index (κ3) is 4.55. The normalized spacial score (nSPS) is 15.1. The molecule has 1 aliphatic heterocycles. The molecule has 8 heteroatoms. The highest BCUT2D eigenvalue weighted by Crippen LogP contribution is 2.30. The highest BCUT2D eigenvalue weighted by molar-refractivity contribution is 7.92. The number of rotatable bonds is 6. The van der Waals surface area contributed by atoms with Crippen LogP contribution in [0.15, 0.2) is 77.7 Å². The highest BCUT2D eigenvalue weighted by atomic mass is 32.2. The molecule has 0 radical (unpaired) electrons. The molecule has 1 atom stereocenters. The minimum absolute atomic E-state index is 0.212. The standard InChI is InChI=1S/C24H24N2O5S/c1-17-7-13-21(14-8-17)32(28,29)26(2)19-11-9-18(10-12-19)24(27)25-15-20-16-30-22-5-3-4-6-23(22)31-20/h3-14,20H,15-16H2,1-2H3,(H,25,27)/t20-/m0/s1. The van der Waals surface area contributed by atoms with Gasteiger partial charge in [-0.15, -0.1) is 0 Å². The van der Waals surface area contributed by atoms with Crippen LogP contribution in [0.25, 0.3) is 0 Å². The van der Waals surface area contributed by atoms with E-state index in [-0.39, 0.29) is 23.5 Å². The second-order valence-corrected chi connectivity index (χ2v) is 9.51. The fourth-order valence-electron chi connectivity index (χ4n) is 3.30. The number of ether oxygens (including phenoxy) is 2. The topological polar surface area (TPSA) is 84.9 Å². The summed E-state index contributed by atoms with van der Waals surface area (Å²) in [6.07, 6.45) is -0.293. The zero-order valence-electron chi connectivity index (χ0n) is 17.8. The van der Waals surface area contributed by atoms with E-state index in [1.807, 2.05) is 31.2 Å². The molecule has 3 aromatic rings. The van der Waals surface area contributed by atoms with Gasteiger partial charge in [-0.05, 0) is 55.5 Å². The molecule has 1 aliphatic rings. The van der Waals surface area contributed by atoms with E-state index < -0.39 is 10.0 Å². The Morgan fingerprint density at radius 2 is 1.66 bits per heavy atom. The molecule has 1 amide bonds. The molecule has 32 heavy (non-hydrogen) atoms. The Labute approximate surface area is 187 Å². The van der Waals surface area contributed by atoms with Gasteiger partial charge in [-0.1, -0.05) is 29.8 Å². The van der Waals surface area contributed by atoms with Gasteiger partial charge in [-0.2, -0.15) is 0 Å². The summed E-state index contributed by atoms with van der Waals surface area (Å²) in [4.78, 5) is 12.7.